The number of para-hydroxylation sites is 1. The van der Waals surface area contributed by atoms with Gasteiger partial charge in [0.15, 0.2) is 0 Å². The summed E-state index contributed by atoms with van der Waals surface area (Å²) in [6.07, 6.45) is 1.09. The van der Waals surface area contributed by atoms with Crippen molar-refractivity contribution in [3.05, 3.63) is 29.8 Å². The molecule has 6 nitrogen and oxygen atoms in total. The molecule has 1 unspecified atom stereocenters. The number of nitrogens with zero attached hydrogens (tertiary/aromatic N) is 4. The van der Waals surface area contributed by atoms with Crippen molar-refractivity contribution in [1.82, 2.24) is 25.5 Å². The van der Waals surface area contributed by atoms with Crippen molar-refractivity contribution in [2.24, 2.45) is 7.05 Å². The average molecular weight is 307 g/mol. The molecule has 0 aliphatic carbocycles. The topological polar surface area (TPSA) is 64.9 Å². The van der Waals surface area contributed by atoms with Crippen molar-refractivity contribution >= 4 is 11.8 Å². The molecule has 0 bridgehead atoms. The number of benzene rings is 1. The molecule has 7 heteroatoms. The number of methoxy groups -OCH3 is 1. The molecule has 0 saturated heterocycles. The molecule has 0 radical (unpaired) electrons. The Morgan fingerprint density at radius 3 is 2.86 bits per heavy atom. The van der Waals surface area contributed by atoms with Crippen molar-refractivity contribution in [3.63, 3.8) is 0 Å². The van der Waals surface area contributed by atoms with Crippen molar-refractivity contribution in [2.75, 3.05) is 19.4 Å². The summed E-state index contributed by atoms with van der Waals surface area (Å²) in [5, 5.41) is 15.9. The molecule has 1 N–H and O–H groups in total. The first-order chi connectivity index (χ1) is 10.3. The van der Waals surface area contributed by atoms with Gasteiger partial charge in [-0.3, -0.25) is 0 Å². The van der Waals surface area contributed by atoms with Gasteiger partial charge in [-0.15, -0.1) is 5.10 Å². The largest absolute Gasteiger partial charge is 0.496 e. The molecule has 2 aromatic rings. The van der Waals surface area contributed by atoms with Gasteiger partial charge in [-0.05, 0) is 29.5 Å². The Morgan fingerprint density at radius 1 is 1.38 bits per heavy atom. The van der Waals surface area contributed by atoms with Gasteiger partial charge in [-0.1, -0.05) is 36.9 Å². The number of ether oxygens (including phenoxy) is 1. The number of aromatic nitrogens is 4. The molecule has 1 heterocycles. The van der Waals surface area contributed by atoms with E-state index in [9.17, 15) is 0 Å². The van der Waals surface area contributed by atoms with Crippen LogP contribution in [0.5, 0.6) is 5.75 Å². The molecular weight excluding hydrogens is 286 g/mol. The van der Waals surface area contributed by atoms with Gasteiger partial charge in [-0.2, -0.15) is 0 Å². The van der Waals surface area contributed by atoms with Crippen molar-refractivity contribution in [2.45, 2.75) is 24.5 Å². The highest BCUT2D eigenvalue weighted by Gasteiger charge is 2.17. The maximum atomic E-state index is 5.47. The highest BCUT2D eigenvalue weighted by Crippen LogP contribution is 2.29. The summed E-state index contributed by atoms with van der Waals surface area (Å²) in [4.78, 5) is 0. The SMILES string of the molecule is CCCNC(CSc1nnnn1C)c1ccccc1OC. The minimum Gasteiger partial charge on any atom is -0.496 e. The smallest absolute Gasteiger partial charge is 0.209 e. The molecule has 1 aromatic heterocycles. The quantitative estimate of drug-likeness (QED) is 0.753. The molecular formula is C14H21N5OS. The van der Waals surface area contributed by atoms with Crippen molar-refractivity contribution < 1.29 is 4.74 Å². The lowest BCUT2D eigenvalue weighted by Crippen LogP contribution is -2.24. The standard InChI is InChI=1S/C14H21N5OS/c1-4-9-15-12(10-21-14-16-17-18-19(14)2)11-7-5-6-8-13(11)20-3/h5-8,12,15H,4,9-10H2,1-3H3. The first kappa shape index (κ1) is 15.8. The zero-order chi connectivity index (χ0) is 15.1. The van der Waals surface area contributed by atoms with E-state index in [2.05, 4.69) is 33.8 Å². The summed E-state index contributed by atoms with van der Waals surface area (Å²) in [6.45, 7) is 3.12. The summed E-state index contributed by atoms with van der Waals surface area (Å²) >= 11 is 1.64. The van der Waals surface area contributed by atoms with E-state index in [0.717, 1.165) is 35.2 Å². The van der Waals surface area contributed by atoms with Crippen LogP contribution in [0.3, 0.4) is 0 Å². The molecule has 0 saturated carbocycles. The fourth-order valence-corrected chi connectivity index (χ4v) is 2.96. The molecule has 1 atom stereocenters. The molecule has 21 heavy (non-hydrogen) atoms. The van der Waals surface area contributed by atoms with Gasteiger partial charge in [0.25, 0.3) is 0 Å². The van der Waals surface area contributed by atoms with Gasteiger partial charge in [0.2, 0.25) is 5.16 Å². The molecule has 0 aliphatic heterocycles. The van der Waals surface area contributed by atoms with Crippen LogP contribution in [0.1, 0.15) is 24.9 Å². The van der Waals surface area contributed by atoms with E-state index in [1.54, 1.807) is 23.6 Å². The van der Waals surface area contributed by atoms with Crippen LogP contribution in [0.2, 0.25) is 0 Å². The van der Waals surface area contributed by atoms with Crippen LogP contribution in [0.15, 0.2) is 29.4 Å². The van der Waals surface area contributed by atoms with Crippen LogP contribution in [0.25, 0.3) is 0 Å². The van der Waals surface area contributed by atoms with Crippen LogP contribution in [-0.4, -0.2) is 39.6 Å². The van der Waals surface area contributed by atoms with Gasteiger partial charge in [0, 0.05) is 24.4 Å². The minimum atomic E-state index is 0.197. The predicted molar refractivity (Wildman–Crippen MR) is 83.6 cm³/mol. The Labute approximate surface area is 129 Å². The van der Waals surface area contributed by atoms with E-state index >= 15 is 0 Å². The molecule has 0 fully saturated rings. The zero-order valence-corrected chi connectivity index (χ0v) is 13.4. The Bertz CT molecular complexity index is 560. The molecule has 2 rings (SSSR count). The lowest BCUT2D eigenvalue weighted by molar-refractivity contribution is 0.402. The van der Waals surface area contributed by atoms with Gasteiger partial charge in [0.05, 0.1) is 7.11 Å². The third-order valence-electron chi connectivity index (χ3n) is 3.12. The maximum absolute atomic E-state index is 5.47. The first-order valence-electron chi connectivity index (χ1n) is 6.97. The monoisotopic (exact) mass is 307 g/mol. The summed E-state index contributed by atoms with van der Waals surface area (Å²) < 4.78 is 7.16. The van der Waals surface area contributed by atoms with Gasteiger partial charge < -0.3 is 10.1 Å². The third-order valence-corrected chi connectivity index (χ3v) is 4.22. The summed E-state index contributed by atoms with van der Waals surface area (Å²) in [5.41, 5.74) is 1.16. The van der Waals surface area contributed by atoms with Crippen LogP contribution in [-0.2, 0) is 7.05 Å². The number of tetrazole rings is 1. The second-order valence-corrected chi connectivity index (χ2v) is 5.63. The molecule has 114 valence electrons. The van der Waals surface area contributed by atoms with E-state index in [-0.39, 0.29) is 6.04 Å². The molecule has 0 aliphatic rings. The van der Waals surface area contributed by atoms with Crippen LogP contribution in [0.4, 0.5) is 0 Å². The Kier molecular flexibility index (Phi) is 6.01. The van der Waals surface area contributed by atoms with Gasteiger partial charge in [-0.25, -0.2) is 4.68 Å². The van der Waals surface area contributed by atoms with E-state index in [0.29, 0.717) is 0 Å². The van der Waals surface area contributed by atoms with E-state index in [1.165, 1.54) is 0 Å². The number of hydrogen-bond acceptors (Lipinski definition) is 6. The number of nitrogens with one attached hydrogen (secondary N) is 1. The maximum Gasteiger partial charge on any atom is 0.209 e. The Balaban J connectivity index is 2.12. The fourth-order valence-electron chi connectivity index (χ4n) is 2.03. The van der Waals surface area contributed by atoms with Crippen LogP contribution in [0, 0.1) is 0 Å². The average Bonchev–Trinajstić information content (AvgIpc) is 2.93. The third kappa shape index (κ3) is 4.18. The zero-order valence-electron chi connectivity index (χ0n) is 12.6. The second-order valence-electron chi connectivity index (χ2n) is 4.64. The summed E-state index contributed by atoms with van der Waals surface area (Å²) in [5.74, 6) is 1.75. The lowest BCUT2D eigenvalue weighted by Gasteiger charge is -2.20. The van der Waals surface area contributed by atoms with Crippen LogP contribution >= 0.6 is 11.8 Å². The van der Waals surface area contributed by atoms with Crippen molar-refractivity contribution in [3.8, 4) is 5.75 Å². The highest BCUT2D eigenvalue weighted by atomic mass is 32.2. The number of hydrogen-bond donors (Lipinski definition) is 1. The highest BCUT2D eigenvalue weighted by molar-refractivity contribution is 7.99. The predicted octanol–water partition coefficient (Wildman–Crippen LogP) is 2.05. The van der Waals surface area contributed by atoms with Gasteiger partial charge in [0.1, 0.15) is 5.75 Å². The van der Waals surface area contributed by atoms with Crippen LogP contribution < -0.4 is 10.1 Å². The Hall–Kier alpha value is -1.60. The fraction of sp³-hybridized carbons (Fsp3) is 0.500. The Morgan fingerprint density at radius 2 is 2.19 bits per heavy atom. The second kappa shape index (κ2) is 7.99. The van der Waals surface area contributed by atoms with E-state index in [1.807, 2.05) is 25.2 Å². The molecule has 0 spiro atoms. The molecule has 1 aromatic carbocycles. The first-order valence-corrected chi connectivity index (χ1v) is 7.96. The summed E-state index contributed by atoms with van der Waals surface area (Å²) in [6, 6.07) is 8.31. The lowest BCUT2D eigenvalue weighted by atomic mass is 10.1. The van der Waals surface area contributed by atoms with E-state index < -0.39 is 0 Å². The number of thioether (sulfide) groups is 1. The number of aryl methyl sites for hydroxylation is 1. The molecule has 0 amide bonds. The normalized spacial score (nSPS) is 12.3. The number of rotatable bonds is 8. The minimum absolute atomic E-state index is 0.197. The van der Waals surface area contributed by atoms with E-state index in [4.69, 9.17) is 4.74 Å². The van der Waals surface area contributed by atoms with Crippen molar-refractivity contribution in [1.29, 1.82) is 0 Å². The van der Waals surface area contributed by atoms with Gasteiger partial charge >= 0.3 is 0 Å². The summed E-state index contributed by atoms with van der Waals surface area (Å²) in [7, 11) is 3.55.